The minimum absolute atomic E-state index is 0.0212. The summed E-state index contributed by atoms with van der Waals surface area (Å²) < 4.78 is 11.2. The molecule has 0 bridgehead atoms. The van der Waals surface area contributed by atoms with Crippen molar-refractivity contribution in [1.29, 1.82) is 0 Å². The van der Waals surface area contributed by atoms with E-state index in [1.54, 1.807) is 4.90 Å². The molecule has 1 atom stereocenters. The summed E-state index contributed by atoms with van der Waals surface area (Å²) in [5.41, 5.74) is 2.60. The minimum Gasteiger partial charge on any atom is -0.486 e. The lowest BCUT2D eigenvalue weighted by atomic mass is 9.92. The van der Waals surface area contributed by atoms with Crippen LogP contribution < -0.4 is 14.8 Å². The van der Waals surface area contributed by atoms with Gasteiger partial charge in [0.25, 0.3) is 0 Å². The molecule has 1 unspecified atom stereocenters. The molecule has 0 radical (unpaired) electrons. The smallest absolute Gasteiger partial charge is 0.226 e. The highest BCUT2D eigenvalue weighted by atomic mass is 16.6. The van der Waals surface area contributed by atoms with Crippen molar-refractivity contribution in [2.24, 2.45) is 5.92 Å². The number of fused-ring (bicyclic) bond motifs is 1. The summed E-state index contributed by atoms with van der Waals surface area (Å²) in [6.45, 7) is 7.98. The number of nitrogens with one attached hydrogen (secondary N) is 1. The standard InChI is InChI=1S/C24H28N2O4/c1-16-4-6-17(7-5-16)14-26-15-18(12-22(26)27)23(28)25-24(2,3)19-8-9-20-21(13-19)30-11-10-29-20/h4-9,13,18H,10-12,14-15H2,1-3H3,(H,25,28). The number of ether oxygens (including phenoxy) is 2. The molecule has 1 saturated heterocycles. The Hall–Kier alpha value is -3.02. The van der Waals surface area contributed by atoms with Crippen molar-refractivity contribution in [3.8, 4) is 11.5 Å². The molecule has 1 fully saturated rings. The fourth-order valence-corrected chi connectivity index (χ4v) is 3.93. The van der Waals surface area contributed by atoms with Crippen LogP contribution in [-0.4, -0.2) is 36.5 Å². The molecule has 2 aliphatic rings. The summed E-state index contributed by atoms with van der Waals surface area (Å²) in [5, 5.41) is 3.12. The molecule has 2 aromatic carbocycles. The van der Waals surface area contributed by atoms with Crippen molar-refractivity contribution in [3.63, 3.8) is 0 Å². The highest BCUT2D eigenvalue weighted by molar-refractivity contribution is 5.89. The first-order valence-corrected chi connectivity index (χ1v) is 10.4. The zero-order valence-corrected chi connectivity index (χ0v) is 17.7. The van der Waals surface area contributed by atoms with Crippen molar-refractivity contribution in [2.75, 3.05) is 19.8 Å². The Morgan fingerprint density at radius 1 is 1.10 bits per heavy atom. The van der Waals surface area contributed by atoms with Crippen LogP contribution in [0, 0.1) is 12.8 Å². The van der Waals surface area contributed by atoms with E-state index in [0.29, 0.717) is 32.1 Å². The average Bonchev–Trinajstić information content (AvgIpc) is 3.09. The number of hydrogen-bond donors (Lipinski definition) is 1. The van der Waals surface area contributed by atoms with Gasteiger partial charge in [-0.1, -0.05) is 35.9 Å². The van der Waals surface area contributed by atoms with Crippen molar-refractivity contribution >= 4 is 11.8 Å². The third kappa shape index (κ3) is 4.27. The fraction of sp³-hybridized carbons (Fsp3) is 0.417. The predicted molar refractivity (Wildman–Crippen MR) is 113 cm³/mol. The molecule has 0 aliphatic carbocycles. The predicted octanol–water partition coefficient (Wildman–Crippen LogP) is 3.17. The van der Waals surface area contributed by atoms with Gasteiger partial charge in [-0.15, -0.1) is 0 Å². The summed E-state index contributed by atoms with van der Waals surface area (Å²) in [7, 11) is 0. The van der Waals surface area contributed by atoms with Gasteiger partial charge in [0.05, 0.1) is 11.5 Å². The van der Waals surface area contributed by atoms with Gasteiger partial charge < -0.3 is 19.7 Å². The quantitative estimate of drug-likeness (QED) is 0.825. The van der Waals surface area contributed by atoms with Crippen LogP contribution in [0.25, 0.3) is 0 Å². The minimum atomic E-state index is -0.597. The van der Waals surface area contributed by atoms with Crippen molar-refractivity contribution in [3.05, 3.63) is 59.2 Å². The number of aryl methyl sites for hydroxylation is 1. The molecule has 158 valence electrons. The highest BCUT2D eigenvalue weighted by Gasteiger charge is 2.36. The van der Waals surface area contributed by atoms with Crippen LogP contribution in [0.2, 0.25) is 0 Å². The van der Waals surface area contributed by atoms with Gasteiger partial charge in [-0.3, -0.25) is 9.59 Å². The molecule has 2 aliphatic heterocycles. The van der Waals surface area contributed by atoms with E-state index in [1.807, 2.05) is 63.2 Å². The topological polar surface area (TPSA) is 67.9 Å². The normalized spacial score (nSPS) is 18.4. The molecule has 30 heavy (non-hydrogen) atoms. The van der Waals surface area contributed by atoms with Gasteiger partial charge in [0.1, 0.15) is 13.2 Å². The molecule has 4 rings (SSSR count). The first kappa shape index (κ1) is 20.3. The van der Waals surface area contributed by atoms with E-state index in [-0.39, 0.29) is 24.2 Å². The highest BCUT2D eigenvalue weighted by Crippen LogP contribution is 2.34. The van der Waals surface area contributed by atoms with E-state index < -0.39 is 5.54 Å². The second kappa shape index (κ2) is 8.01. The molecule has 0 aromatic heterocycles. The molecule has 6 heteroatoms. The van der Waals surface area contributed by atoms with Crippen molar-refractivity contribution < 1.29 is 19.1 Å². The van der Waals surface area contributed by atoms with Crippen molar-refractivity contribution in [2.45, 2.75) is 39.3 Å². The van der Waals surface area contributed by atoms with Crippen LogP contribution in [0.5, 0.6) is 11.5 Å². The Bertz CT molecular complexity index is 952. The number of carbonyl (C=O) groups is 2. The third-order valence-corrected chi connectivity index (χ3v) is 5.78. The zero-order chi connectivity index (χ0) is 21.3. The Morgan fingerprint density at radius 3 is 2.53 bits per heavy atom. The molecular formula is C24H28N2O4. The zero-order valence-electron chi connectivity index (χ0n) is 17.7. The van der Waals surface area contributed by atoms with Crippen LogP contribution in [0.4, 0.5) is 0 Å². The molecule has 2 aromatic rings. The fourth-order valence-electron chi connectivity index (χ4n) is 3.93. The largest absolute Gasteiger partial charge is 0.486 e. The lowest BCUT2D eigenvalue weighted by Crippen LogP contribution is -2.44. The summed E-state index contributed by atoms with van der Waals surface area (Å²) in [6.07, 6.45) is 0.245. The first-order valence-electron chi connectivity index (χ1n) is 10.4. The van der Waals surface area contributed by atoms with Crippen LogP contribution in [0.1, 0.15) is 37.0 Å². The van der Waals surface area contributed by atoms with E-state index in [2.05, 4.69) is 5.32 Å². The van der Waals surface area contributed by atoms with Crippen molar-refractivity contribution in [1.82, 2.24) is 10.2 Å². The van der Waals surface area contributed by atoms with E-state index in [0.717, 1.165) is 16.9 Å². The van der Waals surface area contributed by atoms with Gasteiger partial charge >= 0.3 is 0 Å². The van der Waals surface area contributed by atoms with Gasteiger partial charge in [-0.25, -0.2) is 0 Å². The number of rotatable bonds is 5. The Balaban J connectivity index is 1.40. The second-order valence-electron chi connectivity index (χ2n) is 8.63. The van der Waals surface area contributed by atoms with Gasteiger partial charge in [0.15, 0.2) is 11.5 Å². The summed E-state index contributed by atoms with van der Waals surface area (Å²) in [5.74, 6) is 0.989. The van der Waals surface area contributed by atoms with Gasteiger partial charge in [0.2, 0.25) is 11.8 Å². The molecule has 0 saturated carbocycles. The third-order valence-electron chi connectivity index (χ3n) is 5.78. The maximum atomic E-state index is 13.0. The molecule has 2 amide bonds. The Labute approximate surface area is 177 Å². The number of likely N-dealkylation sites (tertiary alicyclic amines) is 1. The summed E-state index contributed by atoms with van der Waals surface area (Å²) in [6, 6.07) is 13.9. The number of benzene rings is 2. The molecule has 0 spiro atoms. The Morgan fingerprint density at radius 2 is 1.80 bits per heavy atom. The second-order valence-corrected chi connectivity index (χ2v) is 8.63. The maximum absolute atomic E-state index is 13.0. The molecule has 2 heterocycles. The molecular weight excluding hydrogens is 380 g/mol. The number of carbonyl (C=O) groups excluding carboxylic acids is 2. The lowest BCUT2D eigenvalue weighted by molar-refractivity contribution is -0.129. The molecule has 1 N–H and O–H groups in total. The van der Waals surface area contributed by atoms with Crippen LogP contribution in [0.15, 0.2) is 42.5 Å². The maximum Gasteiger partial charge on any atom is 0.226 e. The van der Waals surface area contributed by atoms with Gasteiger partial charge in [-0.05, 0) is 44.0 Å². The van der Waals surface area contributed by atoms with Crippen LogP contribution in [-0.2, 0) is 21.7 Å². The number of amides is 2. The van der Waals surface area contributed by atoms with Crippen LogP contribution >= 0.6 is 0 Å². The average molecular weight is 408 g/mol. The summed E-state index contributed by atoms with van der Waals surface area (Å²) >= 11 is 0. The first-order chi connectivity index (χ1) is 14.3. The monoisotopic (exact) mass is 408 g/mol. The Kier molecular flexibility index (Phi) is 5.41. The van der Waals surface area contributed by atoms with E-state index >= 15 is 0 Å². The number of nitrogens with zero attached hydrogens (tertiary/aromatic N) is 1. The van der Waals surface area contributed by atoms with E-state index in [9.17, 15) is 9.59 Å². The number of hydrogen-bond acceptors (Lipinski definition) is 4. The summed E-state index contributed by atoms with van der Waals surface area (Å²) in [4.78, 5) is 27.2. The van der Waals surface area contributed by atoms with Crippen LogP contribution in [0.3, 0.4) is 0 Å². The van der Waals surface area contributed by atoms with Gasteiger partial charge in [0, 0.05) is 19.5 Å². The van der Waals surface area contributed by atoms with E-state index in [4.69, 9.17) is 9.47 Å². The lowest BCUT2D eigenvalue weighted by Gasteiger charge is -2.30. The van der Waals surface area contributed by atoms with E-state index in [1.165, 1.54) is 5.56 Å². The SMILES string of the molecule is Cc1ccc(CN2CC(C(=O)NC(C)(C)c3ccc4c(c3)OCCO4)CC2=O)cc1. The molecule has 6 nitrogen and oxygen atoms in total. The van der Waals surface area contributed by atoms with Gasteiger partial charge in [-0.2, -0.15) is 0 Å².